The standard InChI is InChI=1S/C12H18N2O3S/c1-3-4-9(11(15)16)14-12(17)13-7-10-8(2)5-6-18-10/h5-6,9H,3-4,7H2,1-2H3,(H,15,16)(H2,13,14,17). The summed E-state index contributed by atoms with van der Waals surface area (Å²) in [5.74, 6) is -1.00. The van der Waals surface area contributed by atoms with Gasteiger partial charge in [0.2, 0.25) is 0 Å². The van der Waals surface area contributed by atoms with Crippen molar-refractivity contribution in [2.24, 2.45) is 0 Å². The van der Waals surface area contributed by atoms with Gasteiger partial charge in [-0.25, -0.2) is 9.59 Å². The first-order valence-electron chi connectivity index (χ1n) is 5.84. The van der Waals surface area contributed by atoms with Crippen LogP contribution in [0.15, 0.2) is 11.4 Å². The third kappa shape index (κ3) is 4.37. The molecule has 1 aromatic heterocycles. The minimum absolute atomic E-state index is 0.424. The van der Waals surface area contributed by atoms with E-state index in [1.807, 2.05) is 25.3 Å². The van der Waals surface area contributed by atoms with Crippen LogP contribution < -0.4 is 10.6 Å². The zero-order valence-electron chi connectivity index (χ0n) is 10.5. The first kappa shape index (κ1) is 14.5. The highest BCUT2D eigenvalue weighted by atomic mass is 32.1. The quantitative estimate of drug-likeness (QED) is 0.740. The molecule has 1 heterocycles. The molecule has 0 bridgehead atoms. The smallest absolute Gasteiger partial charge is 0.326 e. The average Bonchev–Trinajstić information content (AvgIpc) is 2.71. The topological polar surface area (TPSA) is 78.4 Å². The SMILES string of the molecule is CCCC(NC(=O)NCc1sccc1C)C(=O)O. The van der Waals surface area contributed by atoms with Crippen molar-refractivity contribution in [1.29, 1.82) is 0 Å². The fourth-order valence-corrected chi connectivity index (χ4v) is 2.35. The number of urea groups is 1. The number of carbonyl (C=O) groups is 2. The number of aliphatic carboxylic acids is 1. The van der Waals surface area contributed by atoms with Crippen molar-refractivity contribution in [3.63, 3.8) is 0 Å². The molecule has 1 rings (SSSR count). The Morgan fingerprint density at radius 1 is 1.50 bits per heavy atom. The molecule has 0 saturated heterocycles. The van der Waals surface area contributed by atoms with E-state index in [1.54, 1.807) is 11.3 Å². The Morgan fingerprint density at radius 2 is 2.22 bits per heavy atom. The zero-order valence-corrected chi connectivity index (χ0v) is 11.3. The lowest BCUT2D eigenvalue weighted by Crippen LogP contribution is -2.45. The molecule has 5 nitrogen and oxygen atoms in total. The fourth-order valence-electron chi connectivity index (χ4n) is 1.50. The average molecular weight is 270 g/mol. The van der Waals surface area contributed by atoms with Gasteiger partial charge in [0.25, 0.3) is 0 Å². The molecule has 2 amide bonds. The van der Waals surface area contributed by atoms with E-state index < -0.39 is 18.0 Å². The van der Waals surface area contributed by atoms with Gasteiger partial charge in [-0.05, 0) is 30.4 Å². The lowest BCUT2D eigenvalue weighted by Gasteiger charge is -2.14. The molecule has 6 heteroatoms. The highest BCUT2D eigenvalue weighted by Crippen LogP contribution is 2.14. The molecule has 0 aliphatic heterocycles. The van der Waals surface area contributed by atoms with Crippen LogP contribution in [0.4, 0.5) is 4.79 Å². The first-order valence-corrected chi connectivity index (χ1v) is 6.72. The van der Waals surface area contributed by atoms with Gasteiger partial charge in [0, 0.05) is 4.88 Å². The summed E-state index contributed by atoms with van der Waals surface area (Å²) < 4.78 is 0. The molecule has 0 aliphatic carbocycles. The maximum absolute atomic E-state index is 11.6. The molecule has 1 atom stereocenters. The number of thiophene rings is 1. The third-order valence-electron chi connectivity index (χ3n) is 2.56. The molecule has 100 valence electrons. The van der Waals surface area contributed by atoms with E-state index in [0.29, 0.717) is 19.4 Å². The van der Waals surface area contributed by atoms with Crippen LogP contribution in [0, 0.1) is 6.92 Å². The summed E-state index contributed by atoms with van der Waals surface area (Å²) in [5, 5.41) is 16.0. The van der Waals surface area contributed by atoms with Gasteiger partial charge in [0.05, 0.1) is 6.54 Å². The van der Waals surface area contributed by atoms with Crippen molar-refractivity contribution in [1.82, 2.24) is 10.6 Å². The largest absolute Gasteiger partial charge is 0.480 e. The highest BCUT2D eigenvalue weighted by molar-refractivity contribution is 7.10. The number of carbonyl (C=O) groups excluding carboxylic acids is 1. The van der Waals surface area contributed by atoms with Gasteiger partial charge >= 0.3 is 12.0 Å². The van der Waals surface area contributed by atoms with E-state index in [1.165, 1.54) is 0 Å². The molecule has 1 unspecified atom stereocenters. The van der Waals surface area contributed by atoms with Gasteiger partial charge in [0.15, 0.2) is 0 Å². The Morgan fingerprint density at radius 3 is 2.72 bits per heavy atom. The normalized spacial score (nSPS) is 11.9. The number of amides is 2. The molecule has 0 aromatic carbocycles. The number of carboxylic acid groups (broad SMARTS) is 1. The number of nitrogens with one attached hydrogen (secondary N) is 2. The first-order chi connectivity index (χ1) is 8.54. The van der Waals surface area contributed by atoms with Crippen LogP contribution in [0.3, 0.4) is 0 Å². The van der Waals surface area contributed by atoms with Gasteiger partial charge < -0.3 is 15.7 Å². The van der Waals surface area contributed by atoms with Crippen LogP contribution >= 0.6 is 11.3 Å². The summed E-state index contributed by atoms with van der Waals surface area (Å²) in [6.45, 7) is 4.28. The number of hydrogen-bond donors (Lipinski definition) is 3. The van der Waals surface area contributed by atoms with E-state index in [-0.39, 0.29) is 0 Å². The van der Waals surface area contributed by atoms with Gasteiger partial charge in [0.1, 0.15) is 6.04 Å². The Labute approximate surface area is 110 Å². The lowest BCUT2D eigenvalue weighted by atomic mass is 10.2. The molecular formula is C12H18N2O3S. The maximum Gasteiger partial charge on any atom is 0.326 e. The van der Waals surface area contributed by atoms with E-state index in [4.69, 9.17) is 5.11 Å². The van der Waals surface area contributed by atoms with E-state index in [2.05, 4.69) is 10.6 Å². The molecule has 1 aromatic rings. The molecular weight excluding hydrogens is 252 g/mol. The Kier molecular flexibility index (Phi) is 5.64. The molecule has 0 saturated carbocycles. The second kappa shape index (κ2) is 7.00. The lowest BCUT2D eigenvalue weighted by molar-refractivity contribution is -0.139. The number of aryl methyl sites for hydroxylation is 1. The number of rotatable bonds is 6. The number of hydrogen-bond acceptors (Lipinski definition) is 3. The van der Waals surface area contributed by atoms with Crippen molar-refractivity contribution in [3.05, 3.63) is 21.9 Å². The van der Waals surface area contributed by atoms with Crippen LogP contribution in [-0.4, -0.2) is 23.1 Å². The zero-order chi connectivity index (χ0) is 13.5. The van der Waals surface area contributed by atoms with Crippen molar-refractivity contribution in [2.75, 3.05) is 0 Å². The van der Waals surface area contributed by atoms with Gasteiger partial charge in [-0.1, -0.05) is 13.3 Å². The second-order valence-corrected chi connectivity index (χ2v) is 5.03. The van der Waals surface area contributed by atoms with Crippen LogP contribution in [0.1, 0.15) is 30.2 Å². The predicted molar refractivity (Wildman–Crippen MR) is 70.8 cm³/mol. The van der Waals surface area contributed by atoms with Crippen LogP contribution in [0.5, 0.6) is 0 Å². The van der Waals surface area contributed by atoms with Crippen LogP contribution in [-0.2, 0) is 11.3 Å². The fraction of sp³-hybridized carbons (Fsp3) is 0.500. The summed E-state index contributed by atoms with van der Waals surface area (Å²) >= 11 is 1.57. The summed E-state index contributed by atoms with van der Waals surface area (Å²) in [6, 6.07) is 0.722. The molecule has 0 spiro atoms. The Balaban J connectivity index is 2.41. The molecule has 0 radical (unpaired) electrons. The number of carboxylic acids is 1. The van der Waals surface area contributed by atoms with E-state index in [9.17, 15) is 9.59 Å². The highest BCUT2D eigenvalue weighted by Gasteiger charge is 2.18. The van der Waals surface area contributed by atoms with Crippen molar-refractivity contribution in [2.45, 2.75) is 39.3 Å². The molecule has 3 N–H and O–H groups in total. The van der Waals surface area contributed by atoms with Gasteiger partial charge in [-0.15, -0.1) is 11.3 Å². The van der Waals surface area contributed by atoms with E-state index >= 15 is 0 Å². The van der Waals surface area contributed by atoms with Crippen LogP contribution in [0.2, 0.25) is 0 Å². The van der Waals surface area contributed by atoms with Crippen molar-refractivity contribution < 1.29 is 14.7 Å². The minimum atomic E-state index is -1.00. The van der Waals surface area contributed by atoms with Crippen molar-refractivity contribution in [3.8, 4) is 0 Å². The third-order valence-corrected chi connectivity index (χ3v) is 3.58. The maximum atomic E-state index is 11.6. The Hall–Kier alpha value is -1.56. The molecule has 18 heavy (non-hydrogen) atoms. The van der Waals surface area contributed by atoms with Gasteiger partial charge in [-0.2, -0.15) is 0 Å². The predicted octanol–water partition coefficient (Wildman–Crippen LogP) is 2.11. The summed E-state index contributed by atoms with van der Waals surface area (Å²) in [4.78, 5) is 23.5. The monoisotopic (exact) mass is 270 g/mol. The second-order valence-electron chi connectivity index (χ2n) is 4.03. The minimum Gasteiger partial charge on any atom is -0.480 e. The van der Waals surface area contributed by atoms with Gasteiger partial charge in [-0.3, -0.25) is 0 Å². The Bertz CT molecular complexity index is 417. The summed E-state index contributed by atoms with van der Waals surface area (Å²) in [6.07, 6.45) is 1.14. The van der Waals surface area contributed by atoms with Crippen molar-refractivity contribution >= 4 is 23.3 Å². The molecule has 0 aliphatic rings. The summed E-state index contributed by atoms with van der Waals surface area (Å²) in [5.41, 5.74) is 1.13. The molecule has 0 fully saturated rings. The van der Waals surface area contributed by atoms with E-state index in [0.717, 1.165) is 10.4 Å². The van der Waals surface area contributed by atoms with Crippen LogP contribution in [0.25, 0.3) is 0 Å². The summed E-state index contributed by atoms with van der Waals surface area (Å²) in [7, 11) is 0.